The molecule has 0 aliphatic carbocycles. The minimum atomic E-state index is -1.25. The molecule has 0 saturated carbocycles. The maximum absolute atomic E-state index is 14.7. The van der Waals surface area contributed by atoms with Crippen molar-refractivity contribution in [3.05, 3.63) is 117 Å². The van der Waals surface area contributed by atoms with Gasteiger partial charge < -0.3 is 30.1 Å². The molecule has 4 aliphatic heterocycles. The summed E-state index contributed by atoms with van der Waals surface area (Å²) in [6.07, 6.45) is 0. The van der Waals surface area contributed by atoms with Gasteiger partial charge in [-0.1, -0.05) is 24.3 Å². The predicted molar refractivity (Wildman–Crippen MR) is 135 cm³/mol. The zero-order valence-electron chi connectivity index (χ0n) is 21.4. The third-order valence-electron chi connectivity index (χ3n) is 6.35. The third-order valence-corrected chi connectivity index (χ3v) is 6.35. The molecule has 2 aromatic heterocycles. The maximum atomic E-state index is 14.7. The molecule has 2 aromatic carbocycles. The van der Waals surface area contributed by atoms with Crippen molar-refractivity contribution in [1.29, 1.82) is 0 Å². The van der Waals surface area contributed by atoms with Gasteiger partial charge in [-0.3, -0.25) is 19.2 Å². The molecule has 216 valence electrons. The number of amides is 4. The highest BCUT2D eigenvalue weighted by Gasteiger charge is 2.21. The summed E-state index contributed by atoms with van der Waals surface area (Å²) < 4.78 is 69.1. The first kappa shape index (κ1) is 28.1. The second-order valence-corrected chi connectivity index (χ2v) is 9.08. The lowest BCUT2D eigenvalue weighted by atomic mass is 10.1. The Morgan fingerprint density at radius 3 is 0.833 bits per heavy atom. The zero-order chi connectivity index (χ0) is 30.0. The number of halogens is 4. The first-order chi connectivity index (χ1) is 20.1. The molecule has 0 radical (unpaired) electrons. The van der Waals surface area contributed by atoms with Gasteiger partial charge in [-0.25, -0.2) is 17.6 Å². The third kappa shape index (κ3) is 5.73. The normalized spacial score (nSPS) is 14.8. The van der Waals surface area contributed by atoms with Crippen LogP contribution >= 0.6 is 0 Å². The summed E-state index contributed by atoms with van der Waals surface area (Å²) in [5.74, 6) is -9.60. The van der Waals surface area contributed by atoms with Crippen LogP contribution in [0.1, 0.15) is 64.5 Å². The molecule has 0 unspecified atom stereocenters. The Labute approximate surface area is 234 Å². The van der Waals surface area contributed by atoms with Crippen LogP contribution in [-0.2, 0) is 26.2 Å². The Bertz CT molecular complexity index is 1490. The smallest absolute Gasteiger partial charge is 0.287 e. The van der Waals surface area contributed by atoms with E-state index in [1.54, 1.807) is 0 Å². The summed E-state index contributed by atoms with van der Waals surface area (Å²) >= 11 is 0. The van der Waals surface area contributed by atoms with E-state index in [1.807, 2.05) is 0 Å². The van der Waals surface area contributed by atoms with E-state index in [2.05, 4.69) is 21.3 Å². The van der Waals surface area contributed by atoms with Gasteiger partial charge in [-0.05, 0) is 24.3 Å². The molecular weight excluding hydrogens is 564 g/mol. The monoisotopic (exact) mass is 584 g/mol. The van der Waals surface area contributed by atoms with Gasteiger partial charge >= 0.3 is 0 Å². The molecule has 0 spiro atoms. The van der Waals surface area contributed by atoms with E-state index in [0.717, 1.165) is 0 Å². The average molecular weight is 584 g/mol. The number of benzene rings is 2. The largest absolute Gasteiger partial charge is 0.446 e. The van der Waals surface area contributed by atoms with Crippen molar-refractivity contribution in [2.75, 3.05) is 0 Å². The summed E-state index contributed by atoms with van der Waals surface area (Å²) in [7, 11) is 0. The maximum Gasteiger partial charge on any atom is 0.287 e. The highest BCUT2D eigenvalue weighted by Crippen LogP contribution is 2.19. The molecule has 42 heavy (non-hydrogen) atoms. The molecule has 8 rings (SSSR count). The van der Waals surface area contributed by atoms with Crippen molar-refractivity contribution in [3.63, 3.8) is 0 Å². The number of hydrogen-bond acceptors (Lipinski definition) is 6. The Morgan fingerprint density at radius 2 is 0.619 bits per heavy atom. The molecule has 6 heterocycles. The van der Waals surface area contributed by atoms with Crippen LogP contribution in [0.5, 0.6) is 0 Å². The molecule has 0 saturated heterocycles. The van der Waals surface area contributed by atoms with Crippen LogP contribution < -0.4 is 21.3 Å². The van der Waals surface area contributed by atoms with Crippen molar-refractivity contribution < 1.29 is 45.6 Å². The van der Waals surface area contributed by atoms with Crippen LogP contribution in [0.2, 0.25) is 0 Å². The Balaban J connectivity index is 1.41. The fourth-order valence-electron chi connectivity index (χ4n) is 4.02. The quantitative estimate of drug-likeness (QED) is 0.233. The summed E-state index contributed by atoms with van der Waals surface area (Å²) in [4.78, 5) is 49.8. The fraction of sp³-hybridized carbons (Fsp3) is 0.143. The Hall–Kier alpha value is -5.40. The van der Waals surface area contributed by atoms with E-state index >= 15 is 0 Å². The average Bonchev–Trinajstić information content (AvgIpc) is 3.68. The minimum Gasteiger partial charge on any atom is -0.446 e. The molecule has 4 aromatic rings. The van der Waals surface area contributed by atoms with Gasteiger partial charge in [0.2, 0.25) is 0 Å². The van der Waals surface area contributed by atoms with Gasteiger partial charge in [0, 0.05) is 48.4 Å². The molecule has 10 nitrogen and oxygen atoms in total. The van der Waals surface area contributed by atoms with Crippen LogP contribution in [0.25, 0.3) is 0 Å². The van der Waals surface area contributed by atoms with Crippen LogP contribution in [0.15, 0.2) is 57.4 Å². The first-order valence-electron chi connectivity index (χ1n) is 12.4. The van der Waals surface area contributed by atoms with Crippen molar-refractivity contribution >= 4 is 23.6 Å². The van der Waals surface area contributed by atoms with E-state index in [4.69, 9.17) is 8.83 Å². The van der Waals surface area contributed by atoms with Crippen molar-refractivity contribution in [2.24, 2.45) is 0 Å². The van der Waals surface area contributed by atoms with E-state index in [9.17, 15) is 36.7 Å². The molecule has 0 fully saturated rings. The van der Waals surface area contributed by atoms with Gasteiger partial charge in [-0.15, -0.1) is 0 Å². The Kier molecular flexibility index (Phi) is 7.78. The summed E-state index contributed by atoms with van der Waals surface area (Å²) in [5, 5.41) is 9.37. The number of nitrogens with one attached hydrogen (secondary N) is 4. The standard InChI is InChI=1S/C28H20F4N4O6/c29-21-13-1-2-14(22(21)30)10-34-26(38)18-7-8-20(42-18)28(40)36-12-16-4-3-15(23(31)24(16)32)11-35-27(39)19-6-5-17(41-19)25(37)33-9-13/h1-8H,9-12H2,(H,33,37)(H,34,38)(H,35,39)(H,36,40). The topological polar surface area (TPSA) is 143 Å². The predicted octanol–water partition coefficient (Wildman–Crippen LogP) is 3.46. The Morgan fingerprint density at radius 1 is 0.405 bits per heavy atom. The molecular formula is C28H20F4N4O6. The summed E-state index contributed by atoms with van der Waals surface area (Å²) in [5.41, 5.74) is -0.819. The fourth-order valence-corrected chi connectivity index (χ4v) is 4.02. The molecule has 4 aliphatic rings. The second-order valence-electron chi connectivity index (χ2n) is 9.08. The van der Waals surface area contributed by atoms with Crippen LogP contribution in [0, 0.1) is 23.3 Å². The lowest BCUT2D eigenvalue weighted by Crippen LogP contribution is -2.26. The first-order valence-corrected chi connectivity index (χ1v) is 12.4. The molecule has 8 bridgehead atoms. The number of furan rings is 2. The van der Waals surface area contributed by atoms with Crippen LogP contribution in [-0.4, -0.2) is 23.6 Å². The molecule has 4 N–H and O–H groups in total. The highest BCUT2D eigenvalue weighted by molar-refractivity contribution is 5.96. The number of carbonyl (C=O) groups is 4. The van der Waals surface area contributed by atoms with Gasteiger partial charge in [-0.2, -0.15) is 0 Å². The van der Waals surface area contributed by atoms with Crippen LogP contribution in [0.3, 0.4) is 0 Å². The highest BCUT2D eigenvalue weighted by atomic mass is 19.2. The minimum absolute atomic E-state index is 0.205. The van der Waals surface area contributed by atoms with Crippen molar-refractivity contribution in [1.82, 2.24) is 21.3 Å². The van der Waals surface area contributed by atoms with Crippen molar-refractivity contribution in [2.45, 2.75) is 26.2 Å². The van der Waals surface area contributed by atoms with Crippen LogP contribution in [0.4, 0.5) is 17.6 Å². The van der Waals surface area contributed by atoms with Gasteiger partial charge in [0.05, 0.1) is 0 Å². The molecule has 0 atom stereocenters. The number of carbonyl (C=O) groups excluding carboxylic acids is 4. The number of hydrogen-bond donors (Lipinski definition) is 4. The summed E-state index contributed by atoms with van der Waals surface area (Å²) in [6, 6.07) is 9.55. The molecule has 14 heteroatoms. The lowest BCUT2D eigenvalue weighted by molar-refractivity contribution is 0.0882. The van der Waals surface area contributed by atoms with E-state index in [0.29, 0.717) is 0 Å². The van der Waals surface area contributed by atoms with Gasteiger partial charge in [0.15, 0.2) is 46.3 Å². The van der Waals surface area contributed by atoms with Gasteiger partial charge in [0.1, 0.15) is 0 Å². The molecule has 4 amide bonds. The number of rotatable bonds is 0. The second kappa shape index (κ2) is 11.6. The summed E-state index contributed by atoms with van der Waals surface area (Å²) in [6.45, 7) is -1.74. The van der Waals surface area contributed by atoms with E-state index in [1.165, 1.54) is 48.5 Å². The lowest BCUT2D eigenvalue weighted by Gasteiger charge is -2.11. The SMILES string of the molecule is O=C1NCc2ccc(c(F)c2F)CNC(=O)c2ccc(o2)C(=O)NCc2ccc(c(F)c2F)CNC(=O)c2ccc1o2. The van der Waals surface area contributed by atoms with E-state index < -0.39 is 73.1 Å². The zero-order valence-corrected chi connectivity index (χ0v) is 21.4. The van der Waals surface area contributed by atoms with Crippen molar-refractivity contribution in [3.8, 4) is 0 Å². The van der Waals surface area contributed by atoms with E-state index in [-0.39, 0.29) is 45.3 Å². The van der Waals surface area contributed by atoms with Gasteiger partial charge in [0.25, 0.3) is 23.6 Å².